The maximum absolute atomic E-state index is 12.7. The highest BCUT2D eigenvalue weighted by molar-refractivity contribution is 5.72. The molecule has 34 heavy (non-hydrogen) atoms. The minimum atomic E-state index is -0.431. The number of allylic oxidation sites excluding steroid dienone is 9. The minimum absolute atomic E-state index is 0.187. The zero-order valence-electron chi connectivity index (χ0n) is 21.7. The van der Waals surface area contributed by atoms with E-state index in [-0.39, 0.29) is 18.5 Å². The largest absolute Gasteiger partial charge is 0.462 e. The van der Waals surface area contributed by atoms with E-state index in [2.05, 4.69) is 51.3 Å². The number of carbonyl (C=O) groups excluding carboxylic acids is 1. The average molecular weight is 467 g/mol. The highest BCUT2D eigenvalue weighted by atomic mass is 16.5. The lowest BCUT2D eigenvalue weighted by atomic mass is 9.94. The number of cyclic esters (lactones) is 1. The molecule has 0 saturated carbocycles. The van der Waals surface area contributed by atoms with Crippen molar-refractivity contribution >= 4 is 5.97 Å². The molecule has 0 fully saturated rings. The van der Waals surface area contributed by atoms with Gasteiger partial charge in [-0.1, -0.05) is 85.9 Å². The molecule has 0 saturated heterocycles. The Bertz CT molecular complexity index is 778. The summed E-state index contributed by atoms with van der Waals surface area (Å²) >= 11 is 0. The molecule has 3 nitrogen and oxygen atoms in total. The van der Waals surface area contributed by atoms with Gasteiger partial charge in [0.25, 0.3) is 0 Å². The standard InChI is InChI=1S/C31H46O3/c1-6-17-25(2)22-23-29-20-16-15-19-27(4)30(32)21-14-12-10-8-7-9-11-13-18-26(3)28(5)24-31(33)34-29/h6-10,15-17,19,26,29-30,32H,1,5,11-14,18,20-24H2,2-4H3. The fourth-order valence-corrected chi connectivity index (χ4v) is 3.80. The van der Waals surface area contributed by atoms with Gasteiger partial charge in [0.2, 0.25) is 0 Å². The summed E-state index contributed by atoms with van der Waals surface area (Å²) in [5.74, 6) is 0.0972. The number of hydrogen-bond donors (Lipinski definition) is 1. The monoisotopic (exact) mass is 466 g/mol. The Morgan fingerprint density at radius 3 is 2.50 bits per heavy atom. The van der Waals surface area contributed by atoms with Gasteiger partial charge in [0.15, 0.2) is 0 Å². The Hall–Kier alpha value is -2.39. The van der Waals surface area contributed by atoms with E-state index in [1.807, 2.05) is 31.2 Å². The van der Waals surface area contributed by atoms with Gasteiger partial charge >= 0.3 is 5.97 Å². The quantitative estimate of drug-likeness (QED) is 0.258. The van der Waals surface area contributed by atoms with Gasteiger partial charge < -0.3 is 9.84 Å². The number of aliphatic hydroxyl groups is 1. The molecule has 0 aliphatic carbocycles. The van der Waals surface area contributed by atoms with Gasteiger partial charge in [-0.05, 0) is 76.7 Å². The fourth-order valence-electron chi connectivity index (χ4n) is 3.80. The summed E-state index contributed by atoms with van der Waals surface area (Å²) < 4.78 is 5.87. The van der Waals surface area contributed by atoms with Crippen LogP contribution in [0.25, 0.3) is 0 Å². The van der Waals surface area contributed by atoms with E-state index in [9.17, 15) is 9.90 Å². The van der Waals surface area contributed by atoms with Crippen molar-refractivity contribution < 1.29 is 14.6 Å². The van der Waals surface area contributed by atoms with Gasteiger partial charge in [-0.15, -0.1) is 0 Å². The number of rotatable bonds is 4. The van der Waals surface area contributed by atoms with Crippen molar-refractivity contribution in [3.8, 4) is 0 Å². The number of esters is 1. The lowest BCUT2D eigenvalue weighted by Crippen LogP contribution is -2.19. The van der Waals surface area contributed by atoms with Crippen LogP contribution < -0.4 is 0 Å². The Balaban J connectivity index is 2.89. The van der Waals surface area contributed by atoms with E-state index in [4.69, 9.17) is 4.74 Å². The van der Waals surface area contributed by atoms with Crippen LogP contribution in [0, 0.1) is 5.92 Å². The second-order valence-electron chi connectivity index (χ2n) is 9.44. The van der Waals surface area contributed by atoms with Crippen LogP contribution in [0.3, 0.4) is 0 Å². The van der Waals surface area contributed by atoms with Crippen molar-refractivity contribution in [1.29, 1.82) is 0 Å². The molecule has 188 valence electrons. The van der Waals surface area contributed by atoms with Gasteiger partial charge in [-0.2, -0.15) is 0 Å². The molecule has 0 bridgehead atoms. The molecule has 0 radical (unpaired) electrons. The molecule has 1 heterocycles. The summed E-state index contributed by atoms with van der Waals surface area (Å²) in [4.78, 5) is 12.7. The van der Waals surface area contributed by atoms with E-state index in [1.165, 1.54) is 5.57 Å². The Labute approximate surface area is 208 Å². The summed E-state index contributed by atoms with van der Waals surface area (Å²) in [6.07, 6.45) is 26.0. The van der Waals surface area contributed by atoms with Crippen LogP contribution in [0.1, 0.15) is 85.0 Å². The first-order valence-electron chi connectivity index (χ1n) is 12.8. The molecule has 0 spiro atoms. The van der Waals surface area contributed by atoms with Crippen LogP contribution in [-0.4, -0.2) is 23.3 Å². The SMILES string of the molecule is C=CC=C(C)CCC1CC=CC=C(C)C(O)CCCC=CC=CCCCC(C)C(=C)CC(=O)O1. The first-order chi connectivity index (χ1) is 16.3. The lowest BCUT2D eigenvalue weighted by Gasteiger charge is -2.19. The van der Waals surface area contributed by atoms with Gasteiger partial charge in [0.1, 0.15) is 6.10 Å². The number of hydrogen-bond acceptors (Lipinski definition) is 3. The third kappa shape index (κ3) is 14.0. The Kier molecular flexibility index (Phi) is 15.7. The van der Waals surface area contributed by atoms with Crippen molar-refractivity contribution in [3.63, 3.8) is 0 Å². The molecule has 0 amide bonds. The van der Waals surface area contributed by atoms with Crippen LogP contribution in [0.4, 0.5) is 0 Å². The summed E-state index contributed by atoms with van der Waals surface area (Å²) in [7, 11) is 0. The van der Waals surface area contributed by atoms with E-state index >= 15 is 0 Å². The normalized spacial score (nSPS) is 25.1. The summed E-state index contributed by atoms with van der Waals surface area (Å²) in [5, 5.41) is 10.4. The van der Waals surface area contributed by atoms with Crippen molar-refractivity contribution in [3.05, 3.63) is 84.6 Å². The fraction of sp³-hybridized carbons (Fsp3) is 0.516. The predicted molar refractivity (Wildman–Crippen MR) is 145 cm³/mol. The molecular weight excluding hydrogens is 420 g/mol. The van der Waals surface area contributed by atoms with Crippen molar-refractivity contribution in [2.45, 2.75) is 97.2 Å². The summed E-state index contributed by atoms with van der Waals surface area (Å²) in [6, 6.07) is 0. The molecule has 1 N–H and O–H groups in total. The molecule has 0 aromatic rings. The van der Waals surface area contributed by atoms with E-state index < -0.39 is 6.10 Å². The van der Waals surface area contributed by atoms with Crippen LogP contribution >= 0.6 is 0 Å². The molecule has 0 aromatic carbocycles. The molecule has 1 rings (SSSR count). The zero-order chi connectivity index (χ0) is 25.2. The highest BCUT2D eigenvalue weighted by Crippen LogP contribution is 2.21. The molecule has 3 unspecified atom stereocenters. The molecular formula is C31H46O3. The lowest BCUT2D eigenvalue weighted by molar-refractivity contribution is -0.148. The topological polar surface area (TPSA) is 46.5 Å². The predicted octanol–water partition coefficient (Wildman–Crippen LogP) is 8.11. The van der Waals surface area contributed by atoms with Gasteiger partial charge in [0.05, 0.1) is 12.5 Å². The molecule has 3 atom stereocenters. The van der Waals surface area contributed by atoms with Gasteiger partial charge in [0, 0.05) is 6.42 Å². The average Bonchev–Trinajstić information content (AvgIpc) is 2.80. The van der Waals surface area contributed by atoms with Gasteiger partial charge in [-0.3, -0.25) is 4.79 Å². The minimum Gasteiger partial charge on any atom is -0.462 e. The smallest absolute Gasteiger partial charge is 0.310 e. The van der Waals surface area contributed by atoms with E-state index in [0.717, 1.165) is 62.5 Å². The molecule has 1 aliphatic rings. The van der Waals surface area contributed by atoms with Crippen LogP contribution in [0.15, 0.2) is 84.6 Å². The van der Waals surface area contributed by atoms with E-state index in [1.54, 1.807) is 6.08 Å². The summed E-state index contributed by atoms with van der Waals surface area (Å²) in [6.45, 7) is 14.1. The number of carbonyl (C=O) groups is 1. The maximum atomic E-state index is 12.7. The third-order valence-corrected chi connectivity index (χ3v) is 6.29. The van der Waals surface area contributed by atoms with Crippen molar-refractivity contribution in [2.75, 3.05) is 0 Å². The second-order valence-corrected chi connectivity index (χ2v) is 9.44. The van der Waals surface area contributed by atoms with E-state index in [0.29, 0.717) is 12.3 Å². The van der Waals surface area contributed by atoms with Crippen molar-refractivity contribution in [2.24, 2.45) is 5.92 Å². The third-order valence-electron chi connectivity index (χ3n) is 6.29. The maximum Gasteiger partial charge on any atom is 0.310 e. The molecule has 0 aromatic heterocycles. The zero-order valence-corrected chi connectivity index (χ0v) is 21.7. The number of ether oxygens (including phenoxy) is 1. The Morgan fingerprint density at radius 2 is 1.82 bits per heavy atom. The second kappa shape index (κ2) is 18.0. The first-order valence-corrected chi connectivity index (χ1v) is 12.8. The van der Waals surface area contributed by atoms with Crippen molar-refractivity contribution in [1.82, 2.24) is 0 Å². The van der Waals surface area contributed by atoms with Crippen LogP contribution in [0.2, 0.25) is 0 Å². The summed E-state index contributed by atoms with van der Waals surface area (Å²) in [5.41, 5.74) is 3.11. The van der Waals surface area contributed by atoms with Crippen LogP contribution in [-0.2, 0) is 9.53 Å². The highest BCUT2D eigenvalue weighted by Gasteiger charge is 2.17. The van der Waals surface area contributed by atoms with Gasteiger partial charge in [-0.25, -0.2) is 0 Å². The Morgan fingerprint density at radius 1 is 1.15 bits per heavy atom. The molecule has 3 heteroatoms. The number of aliphatic hydroxyl groups excluding tert-OH is 1. The molecule has 1 aliphatic heterocycles. The van der Waals surface area contributed by atoms with Crippen LogP contribution in [0.5, 0.6) is 0 Å². The first kappa shape index (κ1) is 29.6.